The molecular formula is C19H19N3O9. The fourth-order valence-electron chi connectivity index (χ4n) is 2.25. The van der Waals surface area contributed by atoms with Crippen molar-refractivity contribution in [1.29, 1.82) is 0 Å². The molecule has 0 spiro atoms. The van der Waals surface area contributed by atoms with Crippen LogP contribution in [0.25, 0.3) is 6.08 Å². The fourth-order valence-corrected chi connectivity index (χ4v) is 2.25. The van der Waals surface area contributed by atoms with Crippen LogP contribution in [0.4, 0.5) is 10.7 Å². The molecular weight excluding hydrogens is 414 g/mol. The van der Waals surface area contributed by atoms with E-state index in [1.165, 1.54) is 31.5 Å². The average Bonchev–Trinajstić information content (AvgIpc) is 3.39. The van der Waals surface area contributed by atoms with Gasteiger partial charge in [-0.3, -0.25) is 10.1 Å². The molecule has 0 unspecified atom stereocenters. The number of carbonyl (C=O) groups is 2. The number of cyclic esters (lactones) is 1. The van der Waals surface area contributed by atoms with Gasteiger partial charge in [0.1, 0.15) is 11.5 Å². The van der Waals surface area contributed by atoms with Crippen LogP contribution in [0.2, 0.25) is 0 Å². The first-order valence-corrected chi connectivity index (χ1v) is 8.69. The number of hydrogen-bond acceptors (Lipinski definition) is 9. The number of amides is 1. The van der Waals surface area contributed by atoms with Crippen LogP contribution in [0.1, 0.15) is 11.3 Å². The Hall–Kier alpha value is -4.35. The number of rotatable bonds is 7. The van der Waals surface area contributed by atoms with Gasteiger partial charge >= 0.3 is 17.9 Å². The maximum Gasteiger partial charge on any atom is 0.433 e. The number of hydrazone groups is 1. The molecule has 1 saturated heterocycles. The molecule has 12 heteroatoms. The zero-order chi connectivity index (χ0) is 22.8. The average molecular weight is 433 g/mol. The van der Waals surface area contributed by atoms with Gasteiger partial charge in [0.05, 0.1) is 33.0 Å². The monoisotopic (exact) mass is 433 g/mol. The first kappa shape index (κ1) is 22.9. The highest BCUT2D eigenvalue weighted by atomic mass is 16.6. The third-order valence-electron chi connectivity index (χ3n) is 3.68. The molecule has 1 fully saturated rings. The van der Waals surface area contributed by atoms with Crippen molar-refractivity contribution in [1.82, 2.24) is 5.01 Å². The largest absolute Gasteiger partial charge is 0.493 e. The highest BCUT2D eigenvalue weighted by Gasteiger charge is 2.21. The summed E-state index contributed by atoms with van der Waals surface area (Å²) in [6.45, 7) is 0.645. The topological polar surface area (TPSA) is 154 Å². The van der Waals surface area contributed by atoms with Gasteiger partial charge < -0.3 is 23.7 Å². The standard InChI is InChI=1S/C11H12O4.C8H7N3O5/c1-14-9-5-3-8(4-6-11(12)13)7-10(9)15-2;12-8-10(3-4-15-8)9-5-6-1-2-7(16-6)11(13)14/h3-7H,1-2H3,(H,12,13);1-2,5H,3-4H2. The van der Waals surface area contributed by atoms with E-state index in [0.717, 1.165) is 16.6 Å². The fraction of sp³-hybridized carbons (Fsp3) is 0.211. The molecule has 0 atom stereocenters. The minimum atomic E-state index is -0.982. The van der Waals surface area contributed by atoms with E-state index in [0.29, 0.717) is 18.0 Å². The number of carboxylic acid groups (broad SMARTS) is 1. The number of aliphatic carboxylic acids is 1. The van der Waals surface area contributed by atoms with E-state index in [-0.39, 0.29) is 18.3 Å². The van der Waals surface area contributed by atoms with E-state index in [2.05, 4.69) is 9.84 Å². The van der Waals surface area contributed by atoms with Crippen LogP contribution in [0.5, 0.6) is 11.5 Å². The van der Waals surface area contributed by atoms with Crippen molar-refractivity contribution in [2.45, 2.75) is 0 Å². The number of carbonyl (C=O) groups excluding carboxylic acids is 1. The lowest BCUT2D eigenvalue weighted by molar-refractivity contribution is -0.402. The summed E-state index contributed by atoms with van der Waals surface area (Å²) < 4.78 is 19.6. The number of carboxylic acids is 1. The molecule has 2 heterocycles. The van der Waals surface area contributed by atoms with Gasteiger partial charge in [-0.1, -0.05) is 6.07 Å². The second-order valence-electron chi connectivity index (χ2n) is 5.70. The zero-order valence-corrected chi connectivity index (χ0v) is 16.6. The SMILES string of the molecule is COc1ccc(C=CC(=O)O)cc1OC.O=C1OCCN1N=Cc1ccc([N+](=O)[O-])o1. The summed E-state index contributed by atoms with van der Waals surface area (Å²) >= 11 is 0. The number of ether oxygens (including phenoxy) is 3. The number of benzene rings is 1. The van der Waals surface area contributed by atoms with Crippen molar-refractivity contribution in [2.24, 2.45) is 5.10 Å². The third kappa shape index (κ3) is 6.88. The van der Waals surface area contributed by atoms with Crippen molar-refractivity contribution in [3.63, 3.8) is 0 Å². The molecule has 1 amide bonds. The number of furan rings is 1. The summed E-state index contributed by atoms with van der Waals surface area (Å²) in [6.07, 6.45) is 3.24. The maximum atomic E-state index is 11.0. The third-order valence-corrected chi connectivity index (χ3v) is 3.68. The molecule has 0 aliphatic carbocycles. The first-order chi connectivity index (χ1) is 14.8. The lowest BCUT2D eigenvalue weighted by atomic mass is 10.2. The predicted molar refractivity (Wildman–Crippen MR) is 107 cm³/mol. The Balaban J connectivity index is 0.000000221. The maximum absolute atomic E-state index is 11.0. The first-order valence-electron chi connectivity index (χ1n) is 8.69. The van der Waals surface area contributed by atoms with E-state index in [4.69, 9.17) is 19.0 Å². The zero-order valence-electron chi connectivity index (χ0n) is 16.6. The van der Waals surface area contributed by atoms with E-state index in [1.807, 2.05) is 0 Å². The molecule has 164 valence electrons. The Morgan fingerprint density at radius 3 is 2.55 bits per heavy atom. The summed E-state index contributed by atoms with van der Waals surface area (Å²) in [5.74, 6) is 0.0386. The predicted octanol–water partition coefficient (Wildman–Crippen LogP) is 2.78. The lowest BCUT2D eigenvalue weighted by Gasteiger charge is -2.07. The van der Waals surface area contributed by atoms with Crippen molar-refractivity contribution >= 4 is 30.2 Å². The van der Waals surface area contributed by atoms with Crippen LogP contribution in [-0.2, 0) is 9.53 Å². The van der Waals surface area contributed by atoms with E-state index in [1.54, 1.807) is 25.3 Å². The minimum absolute atomic E-state index is 0.200. The molecule has 1 N–H and O–H groups in total. The van der Waals surface area contributed by atoms with Crippen LogP contribution in [0, 0.1) is 10.1 Å². The van der Waals surface area contributed by atoms with E-state index >= 15 is 0 Å². The summed E-state index contributed by atoms with van der Waals surface area (Å²) in [5, 5.41) is 23.6. The molecule has 2 aromatic rings. The van der Waals surface area contributed by atoms with Crippen molar-refractivity contribution < 1.29 is 38.2 Å². The van der Waals surface area contributed by atoms with Crippen LogP contribution in [0.15, 0.2) is 45.9 Å². The molecule has 0 saturated carbocycles. The number of hydrogen-bond donors (Lipinski definition) is 1. The Kier molecular flexibility index (Phi) is 8.13. The summed E-state index contributed by atoms with van der Waals surface area (Å²) in [4.78, 5) is 30.9. The van der Waals surface area contributed by atoms with Crippen LogP contribution < -0.4 is 9.47 Å². The quantitative estimate of drug-likeness (QED) is 0.300. The van der Waals surface area contributed by atoms with Gasteiger partial charge in [-0.15, -0.1) is 0 Å². The molecule has 3 rings (SSSR count). The van der Waals surface area contributed by atoms with Gasteiger partial charge in [0.15, 0.2) is 17.3 Å². The smallest absolute Gasteiger partial charge is 0.433 e. The van der Waals surface area contributed by atoms with Gasteiger partial charge in [-0.25, -0.2) is 9.59 Å². The molecule has 31 heavy (non-hydrogen) atoms. The molecule has 1 aliphatic rings. The summed E-state index contributed by atoms with van der Waals surface area (Å²) in [6, 6.07) is 7.78. The van der Waals surface area contributed by atoms with Crippen molar-refractivity contribution in [3.05, 3.63) is 57.8 Å². The lowest BCUT2D eigenvalue weighted by Crippen LogP contribution is -2.17. The van der Waals surface area contributed by atoms with Gasteiger partial charge in [0.25, 0.3) is 0 Å². The molecule has 1 aromatic heterocycles. The number of methoxy groups -OCH3 is 2. The Morgan fingerprint density at radius 2 is 2.00 bits per heavy atom. The normalized spacial score (nSPS) is 13.1. The van der Waals surface area contributed by atoms with Gasteiger partial charge in [0.2, 0.25) is 0 Å². The van der Waals surface area contributed by atoms with Crippen molar-refractivity contribution in [3.8, 4) is 11.5 Å². The Bertz CT molecular complexity index is 997. The van der Waals surface area contributed by atoms with Gasteiger partial charge in [-0.05, 0) is 29.8 Å². The molecule has 1 aliphatic heterocycles. The van der Waals surface area contributed by atoms with Crippen LogP contribution >= 0.6 is 0 Å². The van der Waals surface area contributed by atoms with Crippen LogP contribution in [0.3, 0.4) is 0 Å². The minimum Gasteiger partial charge on any atom is -0.493 e. The summed E-state index contributed by atoms with van der Waals surface area (Å²) in [7, 11) is 3.08. The van der Waals surface area contributed by atoms with Crippen molar-refractivity contribution in [2.75, 3.05) is 27.4 Å². The van der Waals surface area contributed by atoms with Gasteiger partial charge in [0, 0.05) is 6.08 Å². The molecule has 0 bridgehead atoms. The molecule has 12 nitrogen and oxygen atoms in total. The summed E-state index contributed by atoms with van der Waals surface area (Å²) in [5.41, 5.74) is 0.745. The highest BCUT2D eigenvalue weighted by molar-refractivity contribution is 5.85. The van der Waals surface area contributed by atoms with E-state index < -0.39 is 17.0 Å². The number of nitro groups is 1. The molecule has 0 radical (unpaired) electrons. The highest BCUT2D eigenvalue weighted by Crippen LogP contribution is 2.27. The van der Waals surface area contributed by atoms with Crippen LogP contribution in [-0.4, -0.2) is 60.7 Å². The second-order valence-corrected chi connectivity index (χ2v) is 5.70. The second kappa shape index (κ2) is 11.0. The Morgan fingerprint density at radius 1 is 1.26 bits per heavy atom. The van der Waals surface area contributed by atoms with E-state index in [9.17, 15) is 19.7 Å². The Labute approximate surface area is 176 Å². The molecule has 1 aromatic carbocycles. The van der Waals surface area contributed by atoms with Gasteiger partial charge in [-0.2, -0.15) is 10.1 Å². The number of nitrogens with zero attached hydrogens (tertiary/aromatic N) is 3.